The number of aliphatic carboxylic acids is 1. The van der Waals surface area contributed by atoms with E-state index < -0.39 is 27.2 Å². The average molecular weight is 358 g/mol. The van der Waals surface area contributed by atoms with Crippen molar-refractivity contribution in [2.45, 2.75) is 12.8 Å². The molecule has 2 aromatic carbocycles. The second-order valence-electron chi connectivity index (χ2n) is 5.15. The fourth-order valence-corrected chi connectivity index (χ4v) is 2.13. The molecule has 2 rings (SSSR count). The second kappa shape index (κ2) is 8.33. The Morgan fingerprint density at radius 2 is 1.73 bits per heavy atom. The average Bonchev–Trinajstić information content (AvgIpc) is 2.62. The zero-order valence-electron chi connectivity index (χ0n) is 13.4. The quantitative estimate of drug-likeness (QED) is 0.418. The summed E-state index contributed by atoms with van der Waals surface area (Å²) in [6, 6.07) is 11.9. The fraction of sp³-hybridized carbons (Fsp3) is 0.125. The third-order valence-electron chi connectivity index (χ3n) is 3.38. The van der Waals surface area contributed by atoms with Gasteiger partial charge >= 0.3 is 11.7 Å². The lowest BCUT2D eigenvalue weighted by Gasteiger charge is -2.07. The second-order valence-corrected chi connectivity index (χ2v) is 5.15. The molecule has 0 atom stereocenters. The third-order valence-corrected chi connectivity index (χ3v) is 3.38. The summed E-state index contributed by atoms with van der Waals surface area (Å²) in [5, 5.41) is 34.9. The number of benzene rings is 2. The van der Waals surface area contributed by atoms with Gasteiger partial charge in [0.05, 0.1) is 28.0 Å². The summed E-state index contributed by atoms with van der Waals surface area (Å²) >= 11 is 0. The van der Waals surface area contributed by atoms with Crippen LogP contribution in [0.2, 0.25) is 0 Å². The SMILES string of the molecule is O=C(O)CC/C(=N/Nc1ccc([N+](=O)[O-])cc1[N+](=O)[O-])c1ccccc1. The highest BCUT2D eigenvalue weighted by molar-refractivity contribution is 6.02. The van der Waals surface area contributed by atoms with Crippen molar-refractivity contribution in [2.24, 2.45) is 5.10 Å². The van der Waals surface area contributed by atoms with Gasteiger partial charge in [-0.25, -0.2) is 0 Å². The molecule has 0 aromatic heterocycles. The summed E-state index contributed by atoms with van der Waals surface area (Å²) in [5.41, 5.74) is 2.60. The van der Waals surface area contributed by atoms with Crippen LogP contribution in [0, 0.1) is 20.2 Å². The van der Waals surface area contributed by atoms with Crippen LogP contribution < -0.4 is 5.43 Å². The maximum Gasteiger partial charge on any atom is 0.303 e. The van der Waals surface area contributed by atoms with Crippen LogP contribution in [0.5, 0.6) is 0 Å². The van der Waals surface area contributed by atoms with Crippen LogP contribution in [0.3, 0.4) is 0 Å². The highest BCUT2D eigenvalue weighted by atomic mass is 16.6. The molecule has 0 fully saturated rings. The zero-order valence-corrected chi connectivity index (χ0v) is 13.4. The molecule has 0 bridgehead atoms. The lowest BCUT2D eigenvalue weighted by molar-refractivity contribution is -0.393. The molecule has 26 heavy (non-hydrogen) atoms. The van der Waals surface area contributed by atoms with Gasteiger partial charge in [0.25, 0.3) is 5.69 Å². The third kappa shape index (κ3) is 4.84. The summed E-state index contributed by atoms with van der Waals surface area (Å²) in [6.07, 6.45) is -0.0646. The number of nitrogens with zero attached hydrogens (tertiary/aromatic N) is 3. The Hall–Kier alpha value is -3.82. The van der Waals surface area contributed by atoms with Gasteiger partial charge in [0.15, 0.2) is 0 Å². The first kappa shape index (κ1) is 18.5. The van der Waals surface area contributed by atoms with E-state index in [0.717, 1.165) is 12.1 Å². The summed E-state index contributed by atoms with van der Waals surface area (Å²) in [6.45, 7) is 0. The van der Waals surface area contributed by atoms with Gasteiger partial charge < -0.3 is 5.11 Å². The van der Waals surface area contributed by atoms with E-state index in [-0.39, 0.29) is 18.5 Å². The van der Waals surface area contributed by atoms with Gasteiger partial charge in [-0.05, 0) is 11.6 Å². The van der Waals surface area contributed by atoms with Crippen molar-refractivity contribution in [3.63, 3.8) is 0 Å². The number of hydrogen-bond acceptors (Lipinski definition) is 7. The predicted molar refractivity (Wildman–Crippen MR) is 93.2 cm³/mol. The van der Waals surface area contributed by atoms with Gasteiger partial charge in [-0.2, -0.15) is 5.10 Å². The molecule has 2 N–H and O–H groups in total. The van der Waals surface area contributed by atoms with E-state index in [9.17, 15) is 25.0 Å². The van der Waals surface area contributed by atoms with Gasteiger partial charge in [-0.3, -0.25) is 30.4 Å². The van der Waals surface area contributed by atoms with E-state index in [1.165, 1.54) is 6.07 Å². The van der Waals surface area contributed by atoms with E-state index >= 15 is 0 Å². The summed E-state index contributed by atoms with van der Waals surface area (Å²) in [5.74, 6) is -1.00. The van der Waals surface area contributed by atoms with Gasteiger partial charge in [0.2, 0.25) is 0 Å². The molecule has 10 nitrogen and oxygen atoms in total. The van der Waals surface area contributed by atoms with Crippen molar-refractivity contribution in [1.29, 1.82) is 0 Å². The molecule has 2 aromatic rings. The molecule has 0 saturated carbocycles. The van der Waals surface area contributed by atoms with Gasteiger partial charge in [-0.15, -0.1) is 0 Å². The summed E-state index contributed by atoms with van der Waals surface area (Å²) in [4.78, 5) is 31.2. The molecule has 0 aliphatic rings. The molecule has 134 valence electrons. The zero-order chi connectivity index (χ0) is 19.1. The number of nitrogens with one attached hydrogen (secondary N) is 1. The molecule has 0 amide bonds. The van der Waals surface area contributed by atoms with Crippen molar-refractivity contribution >= 4 is 28.7 Å². The first-order chi connectivity index (χ1) is 12.4. The molecular weight excluding hydrogens is 344 g/mol. The lowest BCUT2D eigenvalue weighted by atomic mass is 10.1. The minimum Gasteiger partial charge on any atom is -0.481 e. The van der Waals surface area contributed by atoms with E-state index in [1.54, 1.807) is 30.3 Å². The number of non-ortho nitro benzene ring substituents is 1. The van der Waals surface area contributed by atoms with Crippen LogP contribution in [0.25, 0.3) is 0 Å². The Kier molecular flexibility index (Phi) is 5.93. The lowest BCUT2D eigenvalue weighted by Crippen LogP contribution is -2.08. The first-order valence-corrected chi connectivity index (χ1v) is 7.41. The fourth-order valence-electron chi connectivity index (χ4n) is 2.13. The monoisotopic (exact) mass is 358 g/mol. The number of hydrogen-bond donors (Lipinski definition) is 2. The topological polar surface area (TPSA) is 148 Å². The van der Waals surface area contributed by atoms with E-state index in [2.05, 4.69) is 10.5 Å². The standard InChI is InChI=1S/C16H14N4O6/c21-16(22)9-8-13(11-4-2-1-3-5-11)17-18-14-7-6-12(19(23)24)10-15(14)20(25)26/h1-7,10,18H,8-9H2,(H,21,22)/b17-13-. The van der Waals surface area contributed by atoms with E-state index in [0.29, 0.717) is 11.3 Å². The van der Waals surface area contributed by atoms with Crippen LogP contribution >= 0.6 is 0 Å². The molecule has 10 heteroatoms. The molecule has 0 spiro atoms. The Balaban J connectivity index is 2.35. The first-order valence-electron chi connectivity index (χ1n) is 7.41. The molecule has 0 unspecified atom stereocenters. The molecular formula is C16H14N4O6. The van der Waals surface area contributed by atoms with E-state index in [1.807, 2.05) is 0 Å². The van der Waals surface area contributed by atoms with E-state index in [4.69, 9.17) is 5.11 Å². The number of carboxylic acids is 1. The summed E-state index contributed by atoms with van der Waals surface area (Å²) < 4.78 is 0. The van der Waals surface area contributed by atoms with Crippen molar-refractivity contribution in [1.82, 2.24) is 0 Å². The maximum atomic E-state index is 11.1. The number of carboxylic acid groups (broad SMARTS) is 1. The summed E-state index contributed by atoms with van der Waals surface area (Å²) in [7, 11) is 0. The van der Waals surface area contributed by atoms with Crippen molar-refractivity contribution < 1.29 is 19.7 Å². The molecule has 0 heterocycles. The number of carbonyl (C=O) groups is 1. The number of hydrazone groups is 1. The number of nitro benzene ring substituents is 2. The minimum absolute atomic E-state index is 0.0376. The van der Waals surface area contributed by atoms with Crippen molar-refractivity contribution in [3.05, 3.63) is 74.3 Å². The van der Waals surface area contributed by atoms with Crippen LogP contribution in [0.15, 0.2) is 53.6 Å². The number of rotatable bonds is 8. The molecule has 0 radical (unpaired) electrons. The highest BCUT2D eigenvalue weighted by Crippen LogP contribution is 2.29. The highest BCUT2D eigenvalue weighted by Gasteiger charge is 2.19. The van der Waals surface area contributed by atoms with Crippen molar-refractivity contribution in [2.75, 3.05) is 5.43 Å². The Morgan fingerprint density at radius 1 is 1.04 bits per heavy atom. The van der Waals surface area contributed by atoms with Gasteiger partial charge in [-0.1, -0.05) is 30.3 Å². The maximum absolute atomic E-state index is 11.1. The number of nitro groups is 2. The largest absolute Gasteiger partial charge is 0.481 e. The van der Waals surface area contributed by atoms with Crippen LogP contribution in [-0.4, -0.2) is 26.6 Å². The van der Waals surface area contributed by atoms with Gasteiger partial charge in [0, 0.05) is 12.5 Å². The predicted octanol–water partition coefficient (Wildman–Crippen LogP) is 3.18. The number of anilines is 1. The Labute approximate surface area is 147 Å². The minimum atomic E-state index is -1.00. The van der Waals surface area contributed by atoms with Crippen LogP contribution in [0.1, 0.15) is 18.4 Å². The smallest absolute Gasteiger partial charge is 0.303 e. The normalized spacial score (nSPS) is 11.0. The Morgan fingerprint density at radius 3 is 2.31 bits per heavy atom. The molecule has 0 saturated heterocycles. The molecule has 0 aliphatic heterocycles. The molecule has 0 aliphatic carbocycles. The van der Waals surface area contributed by atoms with Crippen LogP contribution in [-0.2, 0) is 4.79 Å². The Bertz CT molecular complexity index is 866. The van der Waals surface area contributed by atoms with Gasteiger partial charge in [0.1, 0.15) is 5.69 Å². The van der Waals surface area contributed by atoms with Crippen molar-refractivity contribution in [3.8, 4) is 0 Å². The van der Waals surface area contributed by atoms with Crippen LogP contribution in [0.4, 0.5) is 17.1 Å².